The Hall–Kier alpha value is -0.640. The van der Waals surface area contributed by atoms with Gasteiger partial charge in [0, 0.05) is 20.1 Å². The standard InChI is InChI=1S/C9H17N3O2S/c1-11(9-6-10)15(13,14)12-7-4-2-3-5-8-12/h2-5,7-9H2,1H3. The molecule has 0 unspecified atom stereocenters. The fraction of sp³-hybridized carbons (Fsp3) is 0.889. The molecule has 1 rings (SSSR count). The van der Waals surface area contributed by atoms with Crippen molar-refractivity contribution < 1.29 is 8.42 Å². The highest BCUT2D eigenvalue weighted by Gasteiger charge is 2.26. The largest absolute Gasteiger partial charge is 0.282 e. The third-order valence-corrected chi connectivity index (χ3v) is 4.51. The minimum atomic E-state index is -3.40. The van der Waals surface area contributed by atoms with Crippen LogP contribution in [0.4, 0.5) is 0 Å². The van der Waals surface area contributed by atoms with Crippen LogP contribution in [0.3, 0.4) is 0 Å². The minimum Gasteiger partial charge on any atom is -0.197 e. The van der Waals surface area contributed by atoms with Crippen molar-refractivity contribution in [3.63, 3.8) is 0 Å². The lowest BCUT2D eigenvalue weighted by Crippen LogP contribution is -2.42. The summed E-state index contributed by atoms with van der Waals surface area (Å²) >= 11 is 0. The van der Waals surface area contributed by atoms with E-state index >= 15 is 0 Å². The van der Waals surface area contributed by atoms with Crippen LogP contribution < -0.4 is 0 Å². The predicted molar refractivity (Wildman–Crippen MR) is 57.2 cm³/mol. The van der Waals surface area contributed by atoms with Crippen molar-refractivity contribution in [3.8, 4) is 6.07 Å². The van der Waals surface area contributed by atoms with Crippen LogP contribution in [0.5, 0.6) is 0 Å². The smallest absolute Gasteiger partial charge is 0.197 e. The molecule has 0 aromatic heterocycles. The van der Waals surface area contributed by atoms with Gasteiger partial charge in [0.2, 0.25) is 0 Å². The quantitative estimate of drug-likeness (QED) is 0.667. The molecule has 0 N–H and O–H groups in total. The molecule has 0 bridgehead atoms. The lowest BCUT2D eigenvalue weighted by Gasteiger charge is -2.24. The first-order valence-electron chi connectivity index (χ1n) is 5.17. The summed E-state index contributed by atoms with van der Waals surface area (Å²) < 4.78 is 26.5. The SMILES string of the molecule is CN(CC#N)S(=O)(=O)N1CCCCCC1. The molecule has 1 fully saturated rings. The number of nitriles is 1. The maximum atomic E-state index is 11.9. The van der Waals surface area contributed by atoms with Gasteiger partial charge in [-0.15, -0.1) is 0 Å². The summed E-state index contributed by atoms with van der Waals surface area (Å²) in [6.45, 7) is 1.08. The first-order chi connectivity index (χ1) is 7.09. The van der Waals surface area contributed by atoms with E-state index in [0.29, 0.717) is 13.1 Å². The third kappa shape index (κ3) is 3.16. The fourth-order valence-corrected chi connectivity index (χ4v) is 2.99. The Morgan fingerprint density at radius 3 is 2.27 bits per heavy atom. The number of hydrogen-bond acceptors (Lipinski definition) is 3. The van der Waals surface area contributed by atoms with Crippen LogP contribution in [0.2, 0.25) is 0 Å². The maximum absolute atomic E-state index is 11.9. The lowest BCUT2D eigenvalue weighted by molar-refractivity contribution is 0.377. The van der Waals surface area contributed by atoms with Crippen molar-refractivity contribution in [1.29, 1.82) is 5.26 Å². The van der Waals surface area contributed by atoms with Crippen LogP contribution >= 0.6 is 0 Å². The van der Waals surface area contributed by atoms with Crippen molar-refractivity contribution in [2.24, 2.45) is 0 Å². The molecule has 0 amide bonds. The van der Waals surface area contributed by atoms with E-state index in [-0.39, 0.29) is 6.54 Å². The molecule has 0 aliphatic carbocycles. The number of nitrogens with zero attached hydrogens (tertiary/aromatic N) is 3. The van der Waals surface area contributed by atoms with E-state index in [1.54, 1.807) is 0 Å². The molecular formula is C9H17N3O2S. The number of hydrogen-bond donors (Lipinski definition) is 0. The van der Waals surface area contributed by atoms with E-state index in [0.717, 1.165) is 30.0 Å². The average Bonchev–Trinajstić information content (AvgIpc) is 2.46. The zero-order chi connectivity index (χ0) is 11.3. The summed E-state index contributed by atoms with van der Waals surface area (Å²) in [7, 11) is -1.96. The molecule has 0 atom stereocenters. The van der Waals surface area contributed by atoms with Crippen LogP contribution in [-0.2, 0) is 10.2 Å². The first kappa shape index (κ1) is 12.4. The van der Waals surface area contributed by atoms with Gasteiger partial charge < -0.3 is 0 Å². The van der Waals surface area contributed by atoms with Crippen LogP contribution in [-0.4, -0.2) is 43.7 Å². The van der Waals surface area contributed by atoms with Gasteiger partial charge in [-0.05, 0) is 12.8 Å². The molecule has 15 heavy (non-hydrogen) atoms. The second-order valence-electron chi connectivity index (χ2n) is 3.74. The topological polar surface area (TPSA) is 64.4 Å². The second kappa shape index (κ2) is 5.45. The van der Waals surface area contributed by atoms with Gasteiger partial charge in [-0.25, -0.2) is 0 Å². The summed E-state index contributed by atoms with van der Waals surface area (Å²) in [6, 6.07) is 1.85. The lowest BCUT2D eigenvalue weighted by atomic mass is 10.2. The predicted octanol–water partition coefficient (Wildman–Crippen LogP) is 0.563. The number of rotatable bonds is 3. The Morgan fingerprint density at radius 1 is 1.27 bits per heavy atom. The van der Waals surface area contributed by atoms with E-state index in [1.165, 1.54) is 11.4 Å². The van der Waals surface area contributed by atoms with E-state index in [4.69, 9.17) is 5.26 Å². The van der Waals surface area contributed by atoms with Gasteiger partial charge in [0.05, 0.1) is 6.07 Å². The van der Waals surface area contributed by atoms with Gasteiger partial charge in [0.15, 0.2) is 0 Å². The van der Waals surface area contributed by atoms with Crippen molar-refractivity contribution in [2.45, 2.75) is 25.7 Å². The summed E-state index contributed by atoms with van der Waals surface area (Å²) in [4.78, 5) is 0. The van der Waals surface area contributed by atoms with E-state index in [1.807, 2.05) is 6.07 Å². The molecule has 1 aliphatic heterocycles. The van der Waals surface area contributed by atoms with Gasteiger partial charge in [-0.3, -0.25) is 0 Å². The molecule has 0 saturated carbocycles. The van der Waals surface area contributed by atoms with Crippen molar-refractivity contribution >= 4 is 10.2 Å². The highest BCUT2D eigenvalue weighted by molar-refractivity contribution is 7.86. The molecule has 1 heterocycles. The molecule has 6 heteroatoms. The average molecular weight is 231 g/mol. The van der Waals surface area contributed by atoms with Gasteiger partial charge in [0.25, 0.3) is 10.2 Å². The van der Waals surface area contributed by atoms with Crippen molar-refractivity contribution in [2.75, 3.05) is 26.7 Å². The minimum absolute atomic E-state index is 0.0845. The summed E-state index contributed by atoms with van der Waals surface area (Å²) in [5.74, 6) is 0. The highest BCUT2D eigenvalue weighted by atomic mass is 32.2. The van der Waals surface area contributed by atoms with E-state index < -0.39 is 10.2 Å². The molecule has 0 aromatic rings. The zero-order valence-electron chi connectivity index (χ0n) is 9.02. The van der Waals surface area contributed by atoms with E-state index in [9.17, 15) is 8.42 Å². The van der Waals surface area contributed by atoms with Crippen LogP contribution in [0.25, 0.3) is 0 Å². The summed E-state index contributed by atoms with van der Waals surface area (Å²) in [6.07, 6.45) is 4.02. The molecule has 86 valence electrons. The molecule has 1 aliphatic rings. The monoisotopic (exact) mass is 231 g/mol. The maximum Gasteiger partial charge on any atom is 0.282 e. The molecule has 5 nitrogen and oxygen atoms in total. The van der Waals surface area contributed by atoms with Gasteiger partial charge in [0.1, 0.15) is 6.54 Å². The molecule has 1 saturated heterocycles. The van der Waals surface area contributed by atoms with Crippen molar-refractivity contribution in [1.82, 2.24) is 8.61 Å². The summed E-state index contributed by atoms with van der Waals surface area (Å²) in [5.41, 5.74) is 0. The molecular weight excluding hydrogens is 214 g/mol. The van der Waals surface area contributed by atoms with Crippen molar-refractivity contribution in [3.05, 3.63) is 0 Å². The van der Waals surface area contributed by atoms with Gasteiger partial charge >= 0.3 is 0 Å². The third-order valence-electron chi connectivity index (χ3n) is 2.58. The first-order valence-corrected chi connectivity index (χ1v) is 6.57. The molecule has 0 spiro atoms. The molecule has 0 radical (unpaired) electrons. The Kier molecular flexibility index (Phi) is 4.51. The summed E-state index contributed by atoms with van der Waals surface area (Å²) in [5, 5.41) is 8.48. The van der Waals surface area contributed by atoms with E-state index in [2.05, 4.69) is 0 Å². The van der Waals surface area contributed by atoms with Crippen LogP contribution in [0.15, 0.2) is 0 Å². The Labute approximate surface area is 91.5 Å². The zero-order valence-corrected chi connectivity index (χ0v) is 9.83. The van der Waals surface area contributed by atoms with Crippen LogP contribution in [0, 0.1) is 11.3 Å². The molecule has 0 aromatic carbocycles. The van der Waals surface area contributed by atoms with Gasteiger partial charge in [-0.2, -0.15) is 22.3 Å². The second-order valence-corrected chi connectivity index (χ2v) is 5.77. The fourth-order valence-electron chi connectivity index (χ4n) is 1.65. The normalized spacial score (nSPS) is 19.8. The Morgan fingerprint density at radius 2 is 1.80 bits per heavy atom. The highest BCUT2D eigenvalue weighted by Crippen LogP contribution is 2.14. The van der Waals surface area contributed by atoms with Gasteiger partial charge in [-0.1, -0.05) is 12.8 Å². The van der Waals surface area contributed by atoms with Crippen LogP contribution in [0.1, 0.15) is 25.7 Å². The Balaban J connectivity index is 2.71. The Bertz CT molecular complexity index is 326.